The molecule has 0 spiro atoms. The van der Waals surface area contributed by atoms with Crippen molar-refractivity contribution in [3.05, 3.63) is 94.3 Å². The van der Waals surface area contributed by atoms with Crippen LogP contribution in [0, 0.1) is 34.5 Å². The van der Waals surface area contributed by atoms with Crippen molar-refractivity contribution in [2.75, 3.05) is 6.54 Å². The van der Waals surface area contributed by atoms with Crippen molar-refractivity contribution in [3.8, 4) is 17.9 Å². The van der Waals surface area contributed by atoms with Gasteiger partial charge < -0.3 is 4.74 Å². The highest BCUT2D eigenvalue weighted by molar-refractivity contribution is 7.89. The van der Waals surface area contributed by atoms with Crippen LogP contribution in [0.2, 0.25) is 0 Å². The first kappa shape index (κ1) is 35.7. The Morgan fingerprint density at radius 2 is 1.84 bits per heavy atom. The predicted molar refractivity (Wildman–Crippen MR) is 174 cm³/mol. The van der Waals surface area contributed by atoms with Gasteiger partial charge in [-0.2, -0.15) is 10.5 Å². The summed E-state index contributed by atoms with van der Waals surface area (Å²) < 4.78 is 61.7. The van der Waals surface area contributed by atoms with Crippen molar-refractivity contribution >= 4 is 10.0 Å². The van der Waals surface area contributed by atoms with Gasteiger partial charge in [-0.15, -0.1) is 0 Å². The number of sulfonamides is 1. The third-order valence-corrected chi connectivity index (χ3v) is 9.70. The Morgan fingerprint density at radius 1 is 1.13 bits per heavy atom. The lowest BCUT2D eigenvalue weighted by Gasteiger charge is -2.29. The van der Waals surface area contributed by atoms with Crippen LogP contribution >= 0.6 is 0 Å². The molecule has 1 saturated carbocycles. The first-order chi connectivity index (χ1) is 21.6. The Bertz CT molecular complexity index is 1550. The first-order valence-corrected chi connectivity index (χ1v) is 17.1. The number of nitrogens with zero attached hydrogens (tertiary/aromatic N) is 2. The summed E-state index contributed by atoms with van der Waals surface area (Å²) in [4.78, 5) is 0.117. The normalized spacial score (nSPS) is 22.5. The van der Waals surface area contributed by atoms with Crippen molar-refractivity contribution in [2.45, 2.75) is 89.9 Å². The lowest BCUT2D eigenvalue weighted by atomic mass is 9.77. The van der Waals surface area contributed by atoms with Gasteiger partial charge in [0, 0.05) is 25.0 Å². The van der Waals surface area contributed by atoms with E-state index in [-0.39, 0.29) is 22.0 Å². The summed E-state index contributed by atoms with van der Waals surface area (Å²) in [5.41, 5.74) is 1.33. The molecule has 1 N–H and O–H groups in total. The minimum absolute atomic E-state index is 0.0627. The number of unbranched alkanes of at least 4 members (excludes halogenated alkanes) is 1. The molecule has 1 atom stereocenters. The van der Waals surface area contributed by atoms with Gasteiger partial charge in [0.1, 0.15) is 23.6 Å². The number of halogens is 2. The molecule has 0 aliphatic heterocycles. The smallest absolute Gasteiger partial charge is 0.242 e. The van der Waals surface area contributed by atoms with Gasteiger partial charge in [0.15, 0.2) is 0 Å². The molecule has 1 fully saturated rings. The van der Waals surface area contributed by atoms with E-state index in [9.17, 15) is 27.7 Å². The number of allylic oxidation sites excluding steroid dienone is 12. The van der Waals surface area contributed by atoms with Crippen LogP contribution in [0.3, 0.4) is 0 Å². The molecule has 1 unspecified atom stereocenters. The van der Waals surface area contributed by atoms with E-state index in [2.05, 4.69) is 22.9 Å². The van der Waals surface area contributed by atoms with Crippen molar-refractivity contribution in [1.29, 1.82) is 10.5 Å². The molecule has 0 heterocycles. The minimum Gasteiger partial charge on any atom is -0.462 e. The monoisotopic (exact) mass is 635 g/mol. The van der Waals surface area contributed by atoms with Crippen LogP contribution in [-0.4, -0.2) is 21.4 Å². The van der Waals surface area contributed by atoms with Gasteiger partial charge >= 0.3 is 0 Å². The van der Waals surface area contributed by atoms with Crippen LogP contribution in [0.15, 0.2) is 99.2 Å². The van der Waals surface area contributed by atoms with Gasteiger partial charge in [-0.05, 0) is 92.5 Å². The lowest BCUT2D eigenvalue weighted by molar-refractivity contribution is 0.149. The molecule has 0 amide bonds. The van der Waals surface area contributed by atoms with Gasteiger partial charge in [0.05, 0.1) is 16.0 Å². The van der Waals surface area contributed by atoms with Gasteiger partial charge in [-0.3, -0.25) is 0 Å². The van der Waals surface area contributed by atoms with Crippen molar-refractivity contribution in [3.63, 3.8) is 0 Å². The minimum atomic E-state index is -3.67. The van der Waals surface area contributed by atoms with Crippen LogP contribution in [0.1, 0.15) is 78.6 Å². The van der Waals surface area contributed by atoms with Crippen molar-refractivity contribution in [1.82, 2.24) is 4.72 Å². The highest BCUT2D eigenvalue weighted by Gasteiger charge is 2.26. The Balaban J connectivity index is 2.17. The van der Waals surface area contributed by atoms with Crippen LogP contribution in [0.25, 0.3) is 0 Å². The number of ether oxygens (including phenoxy) is 1. The molecule has 2 aliphatic carbocycles. The zero-order chi connectivity index (χ0) is 32.8. The summed E-state index contributed by atoms with van der Waals surface area (Å²) in [5, 5.41) is 20.3. The molecule has 6 nitrogen and oxygen atoms in total. The fourth-order valence-electron chi connectivity index (χ4n) is 5.77. The Hall–Kier alpha value is -3.79. The van der Waals surface area contributed by atoms with E-state index in [1.807, 2.05) is 13.0 Å². The summed E-state index contributed by atoms with van der Waals surface area (Å²) in [6.45, 7) is 5.75. The quantitative estimate of drug-likeness (QED) is 0.182. The zero-order valence-electron chi connectivity index (χ0n) is 26.4. The molecular weight excluding hydrogens is 592 g/mol. The summed E-state index contributed by atoms with van der Waals surface area (Å²) in [6.07, 6.45) is 15.0. The predicted octanol–water partition coefficient (Wildman–Crippen LogP) is 9.00. The van der Waals surface area contributed by atoms with E-state index in [1.165, 1.54) is 18.6 Å². The maximum atomic E-state index is 13.6. The van der Waals surface area contributed by atoms with E-state index in [1.54, 1.807) is 50.3 Å². The Kier molecular flexibility index (Phi) is 14.0. The fraction of sp³-hybridized carbons (Fsp3) is 0.444. The van der Waals surface area contributed by atoms with Crippen LogP contribution in [0.4, 0.5) is 8.78 Å². The number of nitriles is 2. The van der Waals surface area contributed by atoms with Crippen molar-refractivity contribution < 1.29 is 21.9 Å². The van der Waals surface area contributed by atoms with Gasteiger partial charge in [0.25, 0.3) is 0 Å². The van der Waals surface area contributed by atoms with E-state index in [0.29, 0.717) is 47.1 Å². The topological polar surface area (TPSA) is 103 Å². The van der Waals surface area contributed by atoms with Gasteiger partial charge in [-0.1, -0.05) is 56.9 Å². The number of alkyl halides is 2. The van der Waals surface area contributed by atoms with Crippen LogP contribution in [0.5, 0.6) is 5.75 Å². The molecule has 1 aromatic carbocycles. The van der Waals surface area contributed by atoms with E-state index in [0.717, 1.165) is 38.5 Å². The largest absolute Gasteiger partial charge is 0.462 e. The molecule has 0 aromatic heterocycles. The third kappa shape index (κ3) is 10.4. The number of rotatable bonds is 12. The Labute approximate surface area is 267 Å². The third-order valence-electron chi connectivity index (χ3n) is 8.22. The SMILES string of the molecule is C\C=C/C(CC(F)F)=C(C)/C1=C(C#N)/C(C#N)=C\C=C\C(C2CCCCC2)CC(Oc2ccc(S(=O)(=O)NCCCC)cc2)=C1. The van der Waals surface area contributed by atoms with E-state index in [4.69, 9.17) is 4.74 Å². The molecular formula is C36H43F2N3O3S. The molecule has 240 valence electrons. The second-order valence-electron chi connectivity index (χ2n) is 11.4. The maximum Gasteiger partial charge on any atom is 0.242 e. The van der Waals surface area contributed by atoms with Crippen LogP contribution < -0.4 is 9.46 Å². The molecule has 1 aromatic rings. The van der Waals surface area contributed by atoms with Gasteiger partial charge in [0.2, 0.25) is 16.4 Å². The molecule has 45 heavy (non-hydrogen) atoms. The average molecular weight is 636 g/mol. The Morgan fingerprint density at radius 3 is 2.44 bits per heavy atom. The van der Waals surface area contributed by atoms with Gasteiger partial charge in [-0.25, -0.2) is 21.9 Å². The standard InChI is InChI=1S/C36H43F2N3O3S/c1-4-6-20-41-45(42,43)33-18-16-31(17-19-33)44-32-21-29(27-12-8-7-9-13-27)14-10-15-30(24-39)35(25-40)34(23-32)26(3)28(11-5-2)22-36(37)38/h5,10-11,14-19,23,27,29,36,41H,4,6-9,12-13,20-22H2,1-3H3/b11-5-,14-10+,28-26-,30-15-,32-23?,35-34+. The number of nitrogens with one attached hydrogen (secondary N) is 1. The van der Waals surface area contributed by atoms with E-state index >= 15 is 0 Å². The second-order valence-corrected chi connectivity index (χ2v) is 13.2. The average Bonchev–Trinajstić information content (AvgIpc) is 3.03. The number of hydrogen-bond acceptors (Lipinski definition) is 5. The molecule has 9 heteroatoms. The summed E-state index contributed by atoms with van der Waals surface area (Å²) in [5.74, 6) is 1.35. The van der Waals surface area contributed by atoms with E-state index < -0.39 is 22.9 Å². The summed E-state index contributed by atoms with van der Waals surface area (Å²) >= 11 is 0. The summed E-state index contributed by atoms with van der Waals surface area (Å²) in [6, 6.07) is 10.4. The molecule has 2 aliphatic rings. The molecule has 0 bridgehead atoms. The highest BCUT2D eigenvalue weighted by Crippen LogP contribution is 2.37. The number of hydrogen-bond donors (Lipinski definition) is 1. The molecule has 0 saturated heterocycles. The summed E-state index contributed by atoms with van der Waals surface area (Å²) in [7, 11) is -3.67. The zero-order valence-corrected chi connectivity index (χ0v) is 27.2. The second kappa shape index (κ2) is 17.6. The van der Waals surface area contributed by atoms with Crippen molar-refractivity contribution in [2.24, 2.45) is 11.8 Å². The highest BCUT2D eigenvalue weighted by atomic mass is 32.2. The molecule has 3 rings (SSSR count). The molecule has 0 radical (unpaired) electrons. The first-order valence-electron chi connectivity index (χ1n) is 15.7. The fourth-order valence-corrected chi connectivity index (χ4v) is 6.85. The lowest BCUT2D eigenvalue weighted by Crippen LogP contribution is -2.24. The van der Waals surface area contributed by atoms with Crippen LogP contribution in [-0.2, 0) is 10.0 Å². The maximum absolute atomic E-state index is 13.6. The number of benzene rings is 1.